The number of nitrogens with two attached hydrogens (primary N) is 1. The van der Waals surface area contributed by atoms with Crippen molar-refractivity contribution >= 4 is 37.3 Å². The number of nitrogens with one attached hydrogen (secondary N) is 1. The molecular formula is C37H26N2S. The molecule has 0 aliphatic rings. The highest BCUT2D eigenvalue weighted by Crippen LogP contribution is 2.43. The average molecular weight is 531 g/mol. The largest absolute Gasteiger partial charge is 0.384 e. The maximum absolute atomic E-state index is 8.19. The summed E-state index contributed by atoms with van der Waals surface area (Å²) in [7, 11) is 0. The highest BCUT2D eigenvalue weighted by Gasteiger charge is 2.17. The summed E-state index contributed by atoms with van der Waals surface area (Å²) in [4.78, 5) is 0. The molecule has 2 nitrogen and oxygen atoms in total. The standard InChI is InChI=1S/C37H26N2S/c38-37(39)31-18-9-19-34-36(31)32-23-27(20-21-33(32)40-34)30-17-8-16-29(25-12-5-2-6-13-25)35(30)28-15-7-14-26(22-28)24-10-3-1-4-11-24/h1-23H,(H3,38,39). The second-order valence-electron chi connectivity index (χ2n) is 9.95. The molecule has 1 heterocycles. The van der Waals surface area contributed by atoms with Crippen molar-refractivity contribution < 1.29 is 0 Å². The lowest BCUT2D eigenvalue weighted by atomic mass is 9.86. The van der Waals surface area contributed by atoms with Crippen LogP contribution in [0.3, 0.4) is 0 Å². The topological polar surface area (TPSA) is 49.9 Å². The van der Waals surface area contributed by atoms with Crippen LogP contribution in [0.15, 0.2) is 140 Å². The van der Waals surface area contributed by atoms with Gasteiger partial charge < -0.3 is 5.73 Å². The molecule has 0 fully saturated rings. The Kier molecular flexibility index (Phi) is 5.99. The molecule has 0 aliphatic carbocycles. The van der Waals surface area contributed by atoms with Crippen LogP contribution in [-0.4, -0.2) is 5.84 Å². The van der Waals surface area contributed by atoms with Crippen molar-refractivity contribution in [2.45, 2.75) is 0 Å². The second kappa shape index (κ2) is 9.96. The number of thiophene rings is 1. The molecule has 7 aromatic rings. The Balaban J connectivity index is 1.50. The van der Waals surface area contributed by atoms with Gasteiger partial charge in [0.1, 0.15) is 5.84 Å². The number of amidine groups is 1. The lowest BCUT2D eigenvalue weighted by Gasteiger charge is -2.17. The molecule has 0 saturated carbocycles. The third kappa shape index (κ3) is 4.17. The first-order chi connectivity index (χ1) is 19.7. The van der Waals surface area contributed by atoms with Gasteiger partial charge in [0.25, 0.3) is 0 Å². The van der Waals surface area contributed by atoms with Crippen molar-refractivity contribution in [2.75, 3.05) is 0 Å². The molecule has 0 spiro atoms. The maximum Gasteiger partial charge on any atom is 0.123 e. The van der Waals surface area contributed by atoms with Crippen molar-refractivity contribution in [2.24, 2.45) is 5.73 Å². The number of benzene rings is 6. The van der Waals surface area contributed by atoms with Crippen molar-refractivity contribution in [3.05, 3.63) is 145 Å². The van der Waals surface area contributed by atoms with Gasteiger partial charge in [0.2, 0.25) is 0 Å². The van der Waals surface area contributed by atoms with Gasteiger partial charge in [0.15, 0.2) is 0 Å². The van der Waals surface area contributed by atoms with Gasteiger partial charge in [-0.1, -0.05) is 115 Å². The Morgan fingerprint density at radius 1 is 0.500 bits per heavy atom. The molecule has 190 valence electrons. The van der Waals surface area contributed by atoms with Crippen LogP contribution in [0, 0.1) is 5.41 Å². The van der Waals surface area contributed by atoms with Crippen LogP contribution in [0.1, 0.15) is 5.56 Å². The van der Waals surface area contributed by atoms with E-state index in [0.29, 0.717) is 0 Å². The number of hydrogen-bond acceptors (Lipinski definition) is 2. The predicted octanol–water partition coefficient (Wildman–Crippen LogP) is 10.0. The van der Waals surface area contributed by atoms with Gasteiger partial charge >= 0.3 is 0 Å². The molecule has 6 aromatic carbocycles. The molecule has 7 rings (SSSR count). The van der Waals surface area contributed by atoms with Crippen LogP contribution in [0.4, 0.5) is 0 Å². The van der Waals surface area contributed by atoms with Crippen molar-refractivity contribution in [1.29, 1.82) is 5.41 Å². The number of hydrogen-bond donors (Lipinski definition) is 2. The van der Waals surface area contributed by atoms with Crippen LogP contribution in [0.5, 0.6) is 0 Å². The summed E-state index contributed by atoms with van der Waals surface area (Å²) < 4.78 is 2.34. The Labute approximate surface area is 237 Å². The first-order valence-corrected chi connectivity index (χ1v) is 14.1. The van der Waals surface area contributed by atoms with Crippen LogP contribution in [0.2, 0.25) is 0 Å². The highest BCUT2D eigenvalue weighted by molar-refractivity contribution is 7.25. The molecule has 40 heavy (non-hydrogen) atoms. The van der Waals surface area contributed by atoms with Gasteiger partial charge in [0.05, 0.1) is 0 Å². The van der Waals surface area contributed by atoms with Gasteiger partial charge in [-0.25, -0.2) is 0 Å². The SMILES string of the molecule is N=C(N)c1cccc2sc3ccc(-c4cccc(-c5ccccc5)c4-c4cccc(-c5ccccc5)c4)cc3c12. The second-order valence-corrected chi connectivity index (χ2v) is 11.0. The molecule has 0 bridgehead atoms. The third-order valence-corrected chi connectivity index (χ3v) is 8.64. The lowest BCUT2D eigenvalue weighted by molar-refractivity contribution is 1.44. The Hall–Kier alpha value is -4.99. The zero-order valence-corrected chi connectivity index (χ0v) is 22.6. The summed E-state index contributed by atoms with van der Waals surface area (Å²) in [6, 6.07) is 49.3. The van der Waals surface area contributed by atoms with Crippen molar-refractivity contribution in [3.63, 3.8) is 0 Å². The summed E-state index contributed by atoms with van der Waals surface area (Å²) in [5.74, 6) is 0.0974. The van der Waals surface area contributed by atoms with Crippen LogP contribution in [-0.2, 0) is 0 Å². The van der Waals surface area contributed by atoms with E-state index < -0.39 is 0 Å². The summed E-state index contributed by atoms with van der Waals surface area (Å²) in [5, 5.41) is 10.4. The fourth-order valence-electron chi connectivity index (χ4n) is 5.67. The van der Waals surface area contributed by atoms with E-state index in [1.54, 1.807) is 11.3 Å². The average Bonchev–Trinajstić information content (AvgIpc) is 3.40. The molecule has 0 atom stereocenters. The minimum Gasteiger partial charge on any atom is -0.384 e. The van der Waals surface area contributed by atoms with Crippen molar-refractivity contribution in [3.8, 4) is 44.5 Å². The number of fused-ring (bicyclic) bond motifs is 3. The molecule has 3 heteroatoms. The third-order valence-electron chi connectivity index (χ3n) is 7.50. The first-order valence-electron chi connectivity index (χ1n) is 13.3. The minimum atomic E-state index is 0.0974. The smallest absolute Gasteiger partial charge is 0.123 e. The summed E-state index contributed by atoms with van der Waals surface area (Å²) >= 11 is 1.75. The Morgan fingerprint density at radius 3 is 1.88 bits per heavy atom. The summed E-state index contributed by atoms with van der Waals surface area (Å²) in [6.45, 7) is 0. The molecular weight excluding hydrogens is 504 g/mol. The van der Waals surface area contributed by atoms with E-state index in [-0.39, 0.29) is 5.84 Å². The molecule has 1 aromatic heterocycles. The number of rotatable bonds is 5. The summed E-state index contributed by atoms with van der Waals surface area (Å²) in [6.07, 6.45) is 0. The lowest BCUT2D eigenvalue weighted by Crippen LogP contribution is -2.10. The van der Waals surface area contributed by atoms with Gasteiger partial charge in [-0.05, 0) is 68.8 Å². The van der Waals surface area contributed by atoms with E-state index in [0.717, 1.165) is 26.6 Å². The molecule has 3 N–H and O–H groups in total. The summed E-state index contributed by atoms with van der Waals surface area (Å²) in [5.41, 5.74) is 16.3. The monoisotopic (exact) mass is 530 g/mol. The molecule has 0 aliphatic heterocycles. The molecule has 0 unspecified atom stereocenters. The van der Waals surface area contributed by atoms with Gasteiger partial charge in [0, 0.05) is 25.7 Å². The number of nitrogen functional groups attached to an aromatic ring is 1. The van der Waals surface area contributed by atoms with E-state index in [9.17, 15) is 0 Å². The highest BCUT2D eigenvalue weighted by atomic mass is 32.1. The van der Waals surface area contributed by atoms with Gasteiger partial charge in [-0.3, -0.25) is 5.41 Å². The fourth-order valence-corrected chi connectivity index (χ4v) is 6.78. The minimum absolute atomic E-state index is 0.0974. The van der Waals surface area contributed by atoms with Crippen LogP contribution >= 0.6 is 11.3 Å². The van der Waals surface area contributed by atoms with E-state index in [2.05, 4.69) is 127 Å². The Bertz CT molecular complexity index is 2020. The Morgan fingerprint density at radius 2 is 1.12 bits per heavy atom. The quantitative estimate of drug-likeness (QED) is 0.169. The van der Waals surface area contributed by atoms with E-state index in [1.165, 1.54) is 43.6 Å². The zero-order chi connectivity index (χ0) is 27.1. The van der Waals surface area contributed by atoms with Gasteiger partial charge in [-0.15, -0.1) is 11.3 Å². The molecule has 0 amide bonds. The van der Waals surface area contributed by atoms with E-state index in [1.807, 2.05) is 12.1 Å². The first kappa shape index (κ1) is 24.1. The van der Waals surface area contributed by atoms with Crippen LogP contribution < -0.4 is 5.73 Å². The van der Waals surface area contributed by atoms with Gasteiger partial charge in [-0.2, -0.15) is 0 Å². The normalized spacial score (nSPS) is 11.2. The molecule has 0 radical (unpaired) electrons. The van der Waals surface area contributed by atoms with E-state index in [4.69, 9.17) is 11.1 Å². The van der Waals surface area contributed by atoms with E-state index >= 15 is 0 Å². The predicted molar refractivity (Wildman–Crippen MR) is 172 cm³/mol. The maximum atomic E-state index is 8.19. The van der Waals surface area contributed by atoms with Crippen LogP contribution in [0.25, 0.3) is 64.7 Å². The molecule has 0 saturated heterocycles. The van der Waals surface area contributed by atoms with Crippen molar-refractivity contribution in [1.82, 2.24) is 0 Å². The fraction of sp³-hybridized carbons (Fsp3) is 0. The zero-order valence-electron chi connectivity index (χ0n) is 21.8.